The summed E-state index contributed by atoms with van der Waals surface area (Å²) in [5.41, 5.74) is 0.486. The minimum absolute atomic E-state index is 0.136. The molecule has 0 spiro atoms. The number of rotatable bonds is 5. The first kappa shape index (κ1) is 15.7. The Labute approximate surface area is 134 Å². The van der Waals surface area contributed by atoms with Gasteiger partial charge in [-0.3, -0.25) is 14.1 Å². The van der Waals surface area contributed by atoms with Crippen LogP contribution in [0.1, 0.15) is 0 Å². The number of hydrogen-bond donors (Lipinski definition) is 1. The van der Waals surface area contributed by atoms with Gasteiger partial charge in [-0.05, 0) is 19.2 Å². The van der Waals surface area contributed by atoms with Crippen LogP contribution in [-0.4, -0.2) is 76.2 Å². The quantitative estimate of drug-likeness (QED) is 0.754. The van der Waals surface area contributed by atoms with Gasteiger partial charge in [-0.2, -0.15) is 0 Å². The fourth-order valence-electron chi connectivity index (χ4n) is 2.70. The molecule has 1 aliphatic heterocycles. The van der Waals surface area contributed by atoms with Crippen molar-refractivity contribution in [3.8, 4) is 0 Å². The molecule has 0 aliphatic carbocycles. The molecule has 1 saturated heterocycles. The Hall–Kier alpha value is -2.19. The molecule has 1 aliphatic rings. The van der Waals surface area contributed by atoms with Crippen LogP contribution in [0.5, 0.6) is 0 Å². The second-order valence-electron chi connectivity index (χ2n) is 5.80. The minimum Gasteiger partial charge on any atom is -0.339 e. The molecule has 1 fully saturated rings. The van der Waals surface area contributed by atoms with E-state index in [1.54, 1.807) is 18.3 Å². The van der Waals surface area contributed by atoms with E-state index in [2.05, 4.69) is 10.4 Å². The molecule has 2 aromatic rings. The normalized spacial score (nSPS) is 15.5. The number of piperazine rings is 1. The number of amides is 1. The second-order valence-corrected chi connectivity index (χ2v) is 5.80. The standard InChI is InChI=1S/C15H22N6O2/c1-18(12-14(22)19-8-5-16-6-9-19)10-11-21-15(23)20-7-3-2-4-13(20)17-21/h2-4,7,16H,5-6,8-12H2,1H3. The maximum Gasteiger partial charge on any atom is 0.350 e. The van der Waals surface area contributed by atoms with Crippen molar-refractivity contribution in [3.05, 3.63) is 34.9 Å². The zero-order valence-electron chi connectivity index (χ0n) is 13.3. The number of hydrogen-bond acceptors (Lipinski definition) is 5. The van der Waals surface area contributed by atoms with E-state index >= 15 is 0 Å². The van der Waals surface area contributed by atoms with Gasteiger partial charge in [0.1, 0.15) is 0 Å². The molecule has 8 nitrogen and oxygen atoms in total. The summed E-state index contributed by atoms with van der Waals surface area (Å²) in [6, 6.07) is 5.46. The third-order valence-corrected chi connectivity index (χ3v) is 4.06. The predicted molar refractivity (Wildman–Crippen MR) is 86.4 cm³/mol. The molecule has 0 atom stereocenters. The SMILES string of the molecule is CN(CCn1nc2ccccn2c1=O)CC(=O)N1CCNCC1. The first-order valence-corrected chi connectivity index (χ1v) is 7.86. The van der Waals surface area contributed by atoms with Gasteiger partial charge in [-0.15, -0.1) is 5.10 Å². The van der Waals surface area contributed by atoms with Crippen LogP contribution in [0.3, 0.4) is 0 Å². The number of likely N-dealkylation sites (N-methyl/N-ethyl adjacent to an activating group) is 1. The van der Waals surface area contributed by atoms with Gasteiger partial charge in [0.2, 0.25) is 5.91 Å². The highest BCUT2D eigenvalue weighted by atomic mass is 16.2. The van der Waals surface area contributed by atoms with Crippen molar-refractivity contribution in [1.82, 2.24) is 29.3 Å². The van der Waals surface area contributed by atoms with Gasteiger partial charge in [0.05, 0.1) is 13.1 Å². The average molecular weight is 318 g/mol. The lowest BCUT2D eigenvalue weighted by atomic mass is 10.3. The molecule has 23 heavy (non-hydrogen) atoms. The molecule has 0 unspecified atom stereocenters. The van der Waals surface area contributed by atoms with E-state index in [0.717, 1.165) is 26.2 Å². The lowest BCUT2D eigenvalue weighted by Gasteiger charge is -2.29. The van der Waals surface area contributed by atoms with Gasteiger partial charge in [-0.25, -0.2) is 9.48 Å². The van der Waals surface area contributed by atoms with Crippen LogP contribution in [0, 0.1) is 0 Å². The van der Waals surface area contributed by atoms with Crippen molar-refractivity contribution < 1.29 is 4.79 Å². The third-order valence-electron chi connectivity index (χ3n) is 4.06. The molecule has 3 rings (SSSR count). The molecular formula is C15H22N6O2. The van der Waals surface area contributed by atoms with E-state index in [-0.39, 0.29) is 11.6 Å². The highest BCUT2D eigenvalue weighted by Crippen LogP contribution is 1.97. The minimum atomic E-state index is -0.151. The maximum absolute atomic E-state index is 12.2. The van der Waals surface area contributed by atoms with Crippen LogP contribution in [0.25, 0.3) is 5.65 Å². The van der Waals surface area contributed by atoms with Gasteiger partial charge in [0.15, 0.2) is 5.65 Å². The van der Waals surface area contributed by atoms with Crippen LogP contribution in [-0.2, 0) is 11.3 Å². The van der Waals surface area contributed by atoms with Gasteiger partial charge >= 0.3 is 5.69 Å². The van der Waals surface area contributed by atoms with E-state index in [1.165, 1.54) is 9.08 Å². The third kappa shape index (κ3) is 3.59. The molecule has 3 heterocycles. The molecule has 2 aromatic heterocycles. The summed E-state index contributed by atoms with van der Waals surface area (Å²) < 4.78 is 2.97. The summed E-state index contributed by atoms with van der Waals surface area (Å²) in [7, 11) is 1.89. The highest BCUT2D eigenvalue weighted by molar-refractivity contribution is 5.78. The Bertz CT molecular complexity index is 731. The van der Waals surface area contributed by atoms with Crippen LogP contribution in [0.15, 0.2) is 29.2 Å². The van der Waals surface area contributed by atoms with Crippen LogP contribution in [0.2, 0.25) is 0 Å². The largest absolute Gasteiger partial charge is 0.350 e. The van der Waals surface area contributed by atoms with Crippen molar-refractivity contribution in [3.63, 3.8) is 0 Å². The van der Waals surface area contributed by atoms with Crippen molar-refractivity contribution in [2.75, 3.05) is 46.3 Å². The summed E-state index contributed by atoms with van der Waals surface area (Å²) in [6.45, 7) is 4.66. The summed E-state index contributed by atoms with van der Waals surface area (Å²) in [4.78, 5) is 28.2. The van der Waals surface area contributed by atoms with Crippen molar-refractivity contribution in [2.24, 2.45) is 0 Å². The monoisotopic (exact) mass is 318 g/mol. The predicted octanol–water partition coefficient (Wildman–Crippen LogP) is -1.14. The van der Waals surface area contributed by atoms with E-state index in [0.29, 0.717) is 25.3 Å². The number of aromatic nitrogens is 3. The van der Waals surface area contributed by atoms with Gasteiger partial charge in [-0.1, -0.05) is 6.07 Å². The van der Waals surface area contributed by atoms with E-state index < -0.39 is 0 Å². The Morgan fingerprint density at radius 3 is 2.87 bits per heavy atom. The molecule has 0 radical (unpaired) electrons. The van der Waals surface area contributed by atoms with Crippen LogP contribution < -0.4 is 11.0 Å². The molecule has 0 aromatic carbocycles. The molecule has 1 amide bonds. The summed E-state index contributed by atoms with van der Waals surface area (Å²) >= 11 is 0. The van der Waals surface area contributed by atoms with Crippen LogP contribution >= 0.6 is 0 Å². The number of nitrogens with zero attached hydrogens (tertiary/aromatic N) is 5. The number of pyridine rings is 1. The first-order valence-electron chi connectivity index (χ1n) is 7.86. The van der Waals surface area contributed by atoms with E-state index in [9.17, 15) is 9.59 Å². The number of carbonyl (C=O) groups excluding carboxylic acids is 1. The lowest BCUT2D eigenvalue weighted by Crippen LogP contribution is -2.49. The number of carbonyl (C=O) groups is 1. The molecule has 124 valence electrons. The number of fused-ring (bicyclic) bond motifs is 1. The Balaban J connectivity index is 1.55. The summed E-state index contributed by atoms with van der Waals surface area (Å²) in [6.07, 6.45) is 1.71. The zero-order chi connectivity index (χ0) is 16.2. The molecular weight excluding hydrogens is 296 g/mol. The molecule has 8 heteroatoms. The fraction of sp³-hybridized carbons (Fsp3) is 0.533. The topological polar surface area (TPSA) is 74.9 Å². The molecule has 0 bridgehead atoms. The highest BCUT2D eigenvalue weighted by Gasteiger charge is 2.17. The Morgan fingerprint density at radius 2 is 2.13 bits per heavy atom. The molecule has 1 N–H and O–H groups in total. The van der Waals surface area contributed by atoms with E-state index in [4.69, 9.17) is 0 Å². The van der Waals surface area contributed by atoms with Gasteiger partial charge in [0.25, 0.3) is 0 Å². The van der Waals surface area contributed by atoms with Crippen molar-refractivity contribution >= 4 is 11.6 Å². The molecule has 0 saturated carbocycles. The van der Waals surface area contributed by atoms with Gasteiger partial charge < -0.3 is 10.2 Å². The Kier molecular flexibility index (Phi) is 4.73. The lowest BCUT2D eigenvalue weighted by molar-refractivity contribution is -0.132. The summed E-state index contributed by atoms with van der Waals surface area (Å²) in [5, 5.41) is 7.52. The van der Waals surface area contributed by atoms with Crippen molar-refractivity contribution in [1.29, 1.82) is 0 Å². The van der Waals surface area contributed by atoms with E-state index in [1.807, 2.05) is 22.9 Å². The maximum atomic E-state index is 12.2. The Morgan fingerprint density at radius 1 is 1.35 bits per heavy atom. The number of nitrogens with one attached hydrogen (secondary N) is 1. The average Bonchev–Trinajstić information content (AvgIpc) is 2.90. The second kappa shape index (κ2) is 6.93. The van der Waals surface area contributed by atoms with Crippen LogP contribution in [0.4, 0.5) is 0 Å². The van der Waals surface area contributed by atoms with Crippen molar-refractivity contribution in [2.45, 2.75) is 6.54 Å². The van der Waals surface area contributed by atoms with Gasteiger partial charge in [0, 0.05) is 38.9 Å². The zero-order valence-corrected chi connectivity index (χ0v) is 13.3. The smallest absolute Gasteiger partial charge is 0.339 e. The fourth-order valence-corrected chi connectivity index (χ4v) is 2.70. The first-order chi connectivity index (χ1) is 11.1. The summed E-state index contributed by atoms with van der Waals surface area (Å²) in [5.74, 6) is 0.136.